The van der Waals surface area contributed by atoms with E-state index in [1.807, 2.05) is 6.07 Å². The maximum absolute atomic E-state index is 5.62. The second-order valence-electron chi connectivity index (χ2n) is 8.88. The van der Waals surface area contributed by atoms with Gasteiger partial charge in [0.05, 0.1) is 19.7 Å². The molecule has 0 spiro atoms. The Labute approximate surface area is 173 Å². The monoisotopic (exact) mass is 395 g/mol. The number of hydrogen-bond acceptors (Lipinski definition) is 5. The Balaban J connectivity index is 1.52. The molecule has 2 fully saturated rings. The number of ether oxygens (including phenoxy) is 2. The lowest BCUT2D eigenvalue weighted by Crippen LogP contribution is -2.40. The van der Waals surface area contributed by atoms with Gasteiger partial charge in [0, 0.05) is 48.0 Å². The summed E-state index contributed by atoms with van der Waals surface area (Å²) >= 11 is 0. The van der Waals surface area contributed by atoms with Gasteiger partial charge in [0.25, 0.3) is 0 Å². The molecule has 2 aromatic rings. The number of piperidine rings is 1. The molecule has 1 aliphatic heterocycles. The van der Waals surface area contributed by atoms with Crippen LogP contribution in [-0.4, -0.2) is 49.3 Å². The topological polar surface area (TPSA) is 46.6 Å². The number of fused-ring (bicyclic) bond motifs is 2. The summed E-state index contributed by atoms with van der Waals surface area (Å²) in [5.74, 6) is 1.53. The van der Waals surface area contributed by atoms with E-state index >= 15 is 0 Å². The van der Waals surface area contributed by atoms with Gasteiger partial charge in [-0.3, -0.25) is 4.98 Å². The Kier molecular flexibility index (Phi) is 5.25. The van der Waals surface area contributed by atoms with Crippen LogP contribution in [0.25, 0.3) is 10.9 Å². The Hall–Kier alpha value is -2.01. The van der Waals surface area contributed by atoms with Gasteiger partial charge in [-0.1, -0.05) is 6.42 Å². The molecule has 1 aromatic carbocycles. The average molecular weight is 396 g/mol. The van der Waals surface area contributed by atoms with Crippen LogP contribution >= 0.6 is 0 Å². The number of likely N-dealkylation sites (tertiary alicyclic amines) is 1. The van der Waals surface area contributed by atoms with Crippen molar-refractivity contribution in [2.75, 3.05) is 32.6 Å². The van der Waals surface area contributed by atoms with E-state index in [2.05, 4.69) is 16.3 Å². The van der Waals surface area contributed by atoms with Crippen molar-refractivity contribution in [1.82, 2.24) is 9.88 Å². The predicted octanol–water partition coefficient (Wildman–Crippen LogP) is 4.56. The summed E-state index contributed by atoms with van der Waals surface area (Å²) in [6.45, 7) is 2.45. The van der Waals surface area contributed by atoms with E-state index in [1.165, 1.54) is 80.4 Å². The quantitative estimate of drug-likeness (QED) is 0.752. The van der Waals surface area contributed by atoms with Crippen LogP contribution in [0.15, 0.2) is 12.1 Å². The molecule has 0 unspecified atom stereocenters. The number of pyridine rings is 1. The van der Waals surface area contributed by atoms with E-state index in [0.29, 0.717) is 6.04 Å². The largest absolute Gasteiger partial charge is 0.493 e. The molecule has 5 rings (SSSR count). The van der Waals surface area contributed by atoms with E-state index in [-0.39, 0.29) is 0 Å². The van der Waals surface area contributed by atoms with Crippen LogP contribution in [0.1, 0.15) is 56.2 Å². The zero-order chi connectivity index (χ0) is 19.8. The van der Waals surface area contributed by atoms with E-state index in [0.717, 1.165) is 35.9 Å². The molecular formula is C24H33N3O2. The molecule has 0 atom stereocenters. The second-order valence-corrected chi connectivity index (χ2v) is 8.88. The van der Waals surface area contributed by atoms with Gasteiger partial charge in [0.1, 0.15) is 0 Å². The van der Waals surface area contributed by atoms with E-state index in [4.69, 9.17) is 14.5 Å². The third-order valence-corrected chi connectivity index (χ3v) is 6.96. The molecule has 29 heavy (non-hydrogen) atoms. The van der Waals surface area contributed by atoms with Crippen molar-refractivity contribution >= 4 is 16.6 Å². The Morgan fingerprint density at radius 1 is 0.931 bits per heavy atom. The molecule has 0 radical (unpaired) electrons. The molecular weight excluding hydrogens is 362 g/mol. The van der Waals surface area contributed by atoms with E-state index < -0.39 is 0 Å². The normalized spacial score (nSPS) is 20.9. The lowest BCUT2D eigenvalue weighted by molar-refractivity contribution is 0.210. The number of aromatic nitrogens is 1. The number of methoxy groups -OCH3 is 2. The van der Waals surface area contributed by atoms with Gasteiger partial charge < -0.3 is 19.7 Å². The average Bonchev–Trinajstić information content (AvgIpc) is 3.60. The number of aryl methyl sites for hydroxylation is 1. The van der Waals surface area contributed by atoms with Crippen molar-refractivity contribution in [2.45, 2.75) is 69.9 Å². The molecule has 1 saturated heterocycles. The standard InChI is InChI=1S/C24H33N3O2/c1-28-22-14-19-21(15-23(22)29-2)26-20-7-5-3-4-6-18(20)24(19)25-16-10-12-27(13-11-16)17-8-9-17/h14-17H,3-13H2,1-2H3,(H,25,26). The first-order valence-electron chi connectivity index (χ1n) is 11.3. The fraction of sp³-hybridized carbons (Fsp3) is 0.625. The maximum atomic E-state index is 5.62. The summed E-state index contributed by atoms with van der Waals surface area (Å²) in [6.07, 6.45) is 11.2. The van der Waals surface area contributed by atoms with Crippen LogP contribution in [0.3, 0.4) is 0 Å². The first-order chi connectivity index (χ1) is 14.3. The molecule has 1 N–H and O–H groups in total. The summed E-state index contributed by atoms with van der Waals surface area (Å²) < 4.78 is 11.2. The Morgan fingerprint density at radius 2 is 1.66 bits per heavy atom. The zero-order valence-electron chi connectivity index (χ0n) is 17.8. The number of anilines is 1. The lowest BCUT2D eigenvalue weighted by Gasteiger charge is -2.33. The van der Waals surface area contributed by atoms with Crippen LogP contribution in [-0.2, 0) is 12.8 Å². The van der Waals surface area contributed by atoms with Crippen LogP contribution in [0.5, 0.6) is 11.5 Å². The molecule has 5 nitrogen and oxygen atoms in total. The number of hydrogen-bond donors (Lipinski definition) is 1. The maximum Gasteiger partial charge on any atom is 0.162 e. The van der Waals surface area contributed by atoms with Crippen LogP contribution in [0.4, 0.5) is 5.69 Å². The second kappa shape index (κ2) is 8.02. The predicted molar refractivity (Wildman–Crippen MR) is 117 cm³/mol. The van der Waals surface area contributed by atoms with Gasteiger partial charge >= 0.3 is 0 Å². The van der Waals surface area contributed by atoms with Gasteiger partial charge in [0.15, 0.2) is 11.5 Å². The molecule has 2 aliphatic carbocycles. The number of rotatable bonds is 5. The van der Waals surface area contributed by atoms with Crippen molar-refractivity contribution in [3.8, 4) is 11.5 Å². The summed E-state index contributed by atoms with van der Waals surface area (Å²) in [7, 11) is 3.40. The zero-order valence-corrected chi connectivity index (χ0v) is 17.8. The number of nitrogens with one attached hydrogen (secondary N) is 1. The summed E-state index contributed by atoms with van der Waals surface area (Å²) in [5.41, 5.74) is 5.03. The van der Waals surface area contributed by atoms with E-state index in [9.17, 15) is 0 Å². The smallest absolute Gasteiger partial charge is 0.162 e. The molecule has 5 heteroatoms. The van der Waals surface area contributed by atoms with Crippen LogP contribution < -0.4 is 14.8 Å². The summed E-state index contributed by atoms with van der Waals surface area (Å²) in [5, 5.41) is 5.16. The van der Waals surface area contributed by atoms with Gasteiger partial charge in [-0.15, -0.1) is 0 Å². The molecule has 0 amide bonds. The third kappa shape index (κ3) is 3.77. The number of benzene rings is 1. The highest BCUT2D eigenvalue weighted by atomic mass is 16.5. The molecule has 1 saturated carbocycles. The molecule has 156 valence electrons. The fourth-order valence-electron chi connectivity index (χ4n) is 5.15. The first kappa shape index (κ1) is 19.0. The van der Waals surface area contributed by atoms with Crippen LogP contribution in [0, 0.1) is 0 Å². The third-order valence-electron chi connectivity index (χ3n) is 6.96. The molecule has 3 aliphatic rings. The van der Waals surface area contributed by atoms with Crippen molar-refractivity contribution in [3.05, 3.63) is 23.4 Å². The van der Waals surface area contributed by atoms with Gasteiger partial charge in [0.2, 0.25) is 0 Å². The highest BCUT2D eigenvalue weighted by Crippen LogP contribution is 2.40. The van der Waals surface area contributed by atoms with Gasteiger partial charge in [-0.05, 0) is 63.0 Å². The van der Waals surface area contributed by atoms with Gasteiger partial charge in [-0.25, -0.2) is 0 Å². The fourth-order valence-corrected chi connectivity index (χ4v) is 5.15. The van der Waals surface area contributed by atoms with Gasteiger partial charge in [-0.2, -0.15) is 0 Å². The minimum atomic E-state index is 0.538. The minimum absolute atomic E-state index is 0.538. The molecule has 0 bridgehead atoms. The SMILES string of the molecule is COc1cc2nc3c(c(NC4CCN(C5CC5)CC4)c2cc1OC)CCCCC3. The Morgan fingerprint density at radius 3 is 2.38 bits per heavy atom. The molecule has 1 aromatic heterocycles. The van der Waals surface area contributed by atoms with Crippen molar-refractivity contribution in [2.24, 2.45) is 0 Å². The highest BCUT2D eigenvalue weighted by Gasteiger charge is 2.32. The summed E-state index contributed by atoms with van der Waals surface area (Å²) in [4.78, 5) is 7.76. The van der Waals surface area contributed by atoms with Crippen molar-refractivity contribution in [1.29, 1.82) is 0 Å². The van der Waals surface area contributed by atoms with E-state index in [1.54, 1.807) is 14.2 Å². The number of nitrogens with zero attached hydrogens (tertiary/aromatic N) is 2. The van der Waals surface area contributed by atoms with Crippen molar-refractivity contribution < 1.29 is 9.47 Å². The highest BCUT2D eigenvalue weighted by molar-refractivity contribution is 5.96. The minimum Gasteiger partial charge on any atom is -0.493 e. The lowest BCUT2D eigenvalue weighted by atomic mass is 9.98. The Bertz CT molecular complexity index is 886. The van der Waals surface area contributed by atoms with Crippen molar-refractivity contribution in [3.63, 3.8) is 0 Å². The van der Waals surface area contributed by atoms with Crippen LogP contribution in [0.2, 0.25) is 0 Å². The summed E-state index contributed by atoms with van der Waals surface area (Å²) in [6, 6.07) is 5.58. The molecule has 2 heterocycles. The first-order valence-corrected chi connectivity index (χ1v) is 11.3.